The zero-order valence-corrected chi connectivity index (χ0v) is 15.7. The molecule has 25 heavy (non-hydrogen) atoms. The molecule has 1 amide bonds. The summed E-state index contributed by atoms with van der Waals surface area (Å²) in [5, 5.41) is 0.323. The fourth-order valence-corrected chi connectivity index (χ4v) is 4.57. The lowest BCUT2D eigenvalue weighted by Crippen LogP contribution is -2.37. The predicted molar refractivity (Wildman–Crippen MR) is 95.0 cm³/mol. The second kappa shape index (κ2) is 7.41. The molecule has 3 rings (SSSR count). The van der Waals surface area contributed by atoms with Crippen molar-refractivity contribution in [2.75, 3.05) is 25.5 Å². The summed E-state index contributed by atoms with van der Waals surface area (Å²) in [6.45, 7) is 3.40. The van der Waals surface area contributed by atoms with Gasteiger partial charge in [0.05, 0.1) is 24.0 Å². The Bertz CT molecular complexity index is 761. The van der Waals surface area contributed by atoms with Crippen LogP contribution in [0.3, 0.4) is 0 Å². The monoisotopic (exact) mass is 387 g/mol. The number of nitrogens with zero attached hydrogens (tertiary/aromatic N) is 1. The second-order valence-corrected chi connectivity index (χ2v) is 8.87. The van der Waals surface area contributed by atoms with E-state index in [0.29, 0.717) is 41.8 Å². The molecule has 0 aromatic heterocycles. The first kappa shape index (κ1) is 18.3. The van der Waals surface area contributed by atoms with Crippen molar-refractivity contribution in [3.63, 3.8) is 0 Å². The van der Waals surface area contributed by atoms with Gasteiger partial charge in [0.25, 0.3) is 0 Å². The Hall–Kier alpha value is -1.47. The van der Waals surface area contributed by atoms with Gasteiger partial charge in [-0.1, -0.05) is 11.6 Å². The van der Waals surface area contributed by atoms with E-state index in [0.717, 1.165) is 19.3 Å². The minimum atomic E-state index is -3.59. The summed E-state index contributed by atoms with van der Waals surface area (Å²) < 4.78 is 36.0. The number of ether oxygens (including phenoxy) is 2. The molecule has 0 radical (unpaired) electrons. The molecular formula is C17H22ClNO5S. The maximum absolute atomic E-state index is 12.5. The first-order chi connectivity index (χ1) is 11.9. The van der Waals surface area contributed by atoms with Crippen molar-refractivity contribution in [1.82, 2.24) is 4.90 Å². The molecule has 0 bridgehead atoms. The third-order valence-electron chi connectivity index (χ3n) is 4.24. The molecule has 1 fully saturated rings. The van der Waals surface area contributed by atoms with Crippen LogP contribution in [0.5, 0.6) is 11.5 Å². The second-order valence-electron chi connectivity index (χ2n) is 6.40. The summed E-state index contributed by atoms with van der Waals surface area (Å²) in [6, 6.07) is 3.41. The molecule has 8 heteroatoms. The highest BCUT2D eigenvalue weighted by Gasteiger charge is 2.33. The average Bonchev–Trinajstić information content (AvgIpc) is 3.33. The topological polar surface area (TPSA) is 72.9 Å². The first-order valence-corrected chi connectivity index (χ1v) is 10.7. The van der Waals surface area contributed by atoms with E-state index < -0.39 is 15.6 Å². The van der Waals surface area contributed by atoms with Crippen LogP contribution in [0.15, 0.2) is 12.1 Å². The Labute approximate surface area is 153 Å². The van der Waals surface area contributed by atoms with Crippen LogP contribution in [0.2, 0.25) is 5.02 Å². The van der Waals surface area contributed by atoms with Crippen LogP contribution < -0.4 is 9.47 Å². The fourth-order valence-electron chi connectivity index (χ4n) is 2.97. The van der Waals surface area contributed by atoms with Gasteiger partial charge in [-0.3, -0.25) is 4.79 Å². The lowest BCUT2D eigenvalue weighted by molar-refractivity contribution is -0.128. The Balaban J connectivity index is 1.73. The Morgan fingerprint density at radius 1 is 1.28 bits per heavy atom. The van der Waals surface area contributed by atoms with Crippen molar-refractivity contribution in [2.45, 2.75) is 38.0 Å². The molecule has 0 saturated heterocycles. The summed E-state index contributed by atoms with van der Waals surface area (Å²) in [5.74, 6) is -0.164. The number of sulfone groups is 1. The largest absolute Gasteiger partial charge is 0.489 e. The third-order valence-corrected chi connectivity index (χ3v) is 5.98. The van der Waals surface area contributed by atoms with E-state index in [1.54, 1.807) is 17.0 Å². The zero-order valence-electron chi connectivity index (χ0n) is 14.2. The average molecular weight is 388 g/mol. The quantitative estimate of drug-likeness (QED) is 0.749. The molecule has 1 saturated carbocycles. The molecule has 1 aliphatic heterocycles. The molecule has 6 nitrogen and oxygen atoms in total. The van der Waals surface area contributed by atoms with Gasteiger partial charge >= 0.3 is 0 Å². The van der Waals surface area contributed by atoms with Crippen molar-refractivity contribution in [3.8, 4) is 11.5 Å². The van der Waals surface area contributed by atoms with Gasteiger partial charge in [0, 0.05) is 19.0 Å². The van der Waals surface area contributed by atoms with E-state index >= 15 is 0 Å². The Kier molecular flexibility index (Phi) is 5.43. The van der Waals surface area contributed by atoms with Crippen molar-refractivity contribution < 1.29 is 22.7 Å². The summed E-state index contributed by atoms with van der Waals surface area (Å²) in [4.78, 5) is 13.9. The summed E-state index contributed by atoms with van der Waals surface area (Å²) in [6.07, 6.45) is 2.65. The normalized spacial score (nSPS) is 17.0. The number of hydrogen-bond acceptors (Lipinski definition) is 5. The van der Waals surface area contributed by atoms with E-state index in [4.69, 9.17) is 21.1 Å². The molecule has 0 atom stereocenters. The number of carbonyl (C=O) groups excluding carboxylic acids is 1. The SMILES string of the molecule is CCN(C(=O)CS(=O)(=O)Cc1cc(Cl)c2c(c1)OCCCO2)C1CC1. The van der Waals surface area contributed by atoms with E-state index in [9.17, 15) is 13.2 Å². The minimum absolute atomic E-state index is 0.209. The van der Waals surface area contributed by atoms with Crippen molar-refractivity contribution in [2.24, 2.45) is 0 Å². The Morgan fingerprint density at radius 2 is 2.00 bits per heavy atom. The van der Waals surface area contributed by atoms with Crippen molar-refractivity contribution in [1.29, 1.82) is 0 Å². The highest BCUT2D eigenvalue weighted by atomic mass is 35.5. The molecular weight excluding hydrogens is 366 g/mol. The van der Waals surface area contributed by atoms with Gasteiger partial charge in [0.2, 0.25) is 5.91 Å². The van der Waals surface area contributed by atoms with Crippen LogP contribution in [0.25, 0.3) is 0 Å². The number of benzene rings is 1. The van der Waals surface area contributed by atoms with Crippen molar-refractivity contribution in [3.05, 3.63) is 22.7 Å². The molecule has 1 heterocycles. The lowest BCUT2D eigenvalue weighted by Gasteiger charge is -2.20. The molecule has 0 N–H and O–H groups in total. The van der Waals surface area contributed by atoms with Gasteiger partial charge in [-0.2, -0.15) is 0 Å². The summed E-state index contributed by atoms with van der Waals surface area (Å²) >= 11 is 6.20. The third kappa shape index (κ3) is 4.58. The summed E-state index contributed by atoms with van der Waals surface area (Å²) in [7, 11) is -3.59. The van der Waals surface area contributed by atoms with Crippen LogP contribution in [0, 0.1) is 0 Å². The lowest BCUT2D eigenvalue weighted by atomic mass is 10.2. The van der Waals surface area contributed by atoms with Gasteiger partial charge in [-0.05, 0) is 37.5 Å². The molecule has 1 aromatic rings. The molecule has 2 aliphatic rings. The maximum Gasteiger partial charge on any atom is 0.238 e. The number of carbonyl (C=O) groups is 1. The molecule has 1 aromatic carbocycles. The van der Waals surface area contributed by atoms with E-state index in [-0.39, 0.29) is 17.7 Å². The molecule has 0 unspecified atom stereocenters. The van der Waals surface area contributed by atoms with Crippen LogP contribution in [0.1, 0.15) is 31.7 Å². The van der Waals surface area contributed by atoms with Crippen LogP contribution >= 0.6 is 11.6 Å². The van der Waals surface area contributed by atoms with Crippen LogP contribution in [0.4, 0.5) is 0 Å². The Morgan fingerprint density at radius 3 is 2.68 bits per heavy atom. The fraction of sp³-hybridized carbons (Fsp3) is 0.588. The number of fused-ring (bicyclic) bond motifs is 1. The number of rotatable bonds is 6. The first-order valence-electron chi connectivity index (χ1n) is 8.47. The van der Waals surface area contributed by atoms with Gasteiger partial charge in [-0.25, -0.2) is 8.42 Å². The number of hydrogen-bond donors (Lipinski definition) is 0. The smallest absolute Gasteiger partial charge is 0.238 e. The maximum atomic E-state index is 12.5. The van der Waals surface area contributed by atoms with E-state index in [1.165, 1.54) is 0 Å². The van der Waals surface area contributed by atoms with E-state index in [1.807, 2.05) is 6.92 Å². The standard InChI is InChI=1S/C17H22ClNO5S/c1-2-19(13-4-5-13)16(20)11-25(21,22)10-12-8-14(18)17-15(9-12)23-6-3-7-24-17/h8-9,13H,2-7,10-11H2,1H3. The number of amides is 1. The molecule has 0 spiro atoms. The zero-order chi connectivity index (χ0) is 18.0. The summed E-state index contributed by atoms with van der Waals surface area (Å²) in [5.41, 5.74) is 0.497. The van der Waals surface area contributed by atoms with Gasteiger partial charge in [-0.15, -0.1) is 0 Å². The number of halogens is 1. The predicted octanol–water partition coefficient (Wildman–Crippen LogP) is 2.43. The minimum Gasteiger partial charge on any atom is -0.489 e. The highest BCUT2D eigenvalue weighted by molar-refractivity contribution is 7.91. The molecule has 138 valence electrons. The van der Waals surface area contributed by atoms with Crippen LogP contribution in [-0.4, -0.2) is 50.8 Å². The van der Waals surface area contributed by atoms with Gasteiger partial charge in [0.1, 0.15) is 5.75 Å². The van der Waals surface area contributed by atoms with Gasteiger partial charge in [0.15, 0.2) is 21.3 Å². The highest BCUT2D eigenvalue weighted by Crippen LogP contribution is 2.38. The van der Waals surface area contributed by atoms with Gasteiger partial charge < -0.3 is 14.4 Å². The van der Waals surface area contributed by atoms with E-state index in [2.05, 4.69) is 0 Å². The van der Waals surface area contributed by atoms with Crippen molar-refractivity contribution >= 4 is 27.3 Å². The molecule has 1 aliphatic carbocycles. The van der Waals surface area contributed by atoms with Crippen LogP contribution in [-0.2, 0) is 20.4 Å².